The van der Waals surface area contributed by atoms with E-state index in [9.17, 15) is 14.4 Å². The highest BCUT2D eigenvalue weighted by atomic mass is 16.5. The number of hydrogen-bond acceptors (Lipinski definition) is 6. The number of amides is 2. The topological polar surface area (TPSA) is 92.9 Å². The Kier molecular flexibility index (Phi) is 10.4. The number of nitrogens with two attached hydrogens (primary N) is 1. The SMILES string of the molecule is CC[C@H](C)[C@H](N)C(=O)N(Cc1ccccc1)C(=O)[C@@H]1CCCN1CC(=O)OCC=Cc1ccccc1. The van der Waals surface area contributed by atoms with Gasteiger partial charge < -0.3 is 10.5 Å². The number of benzene rings is 2. The largest absolute Gasteiger partial charge is 0.460 e. The summed E-state index contributed by atoms with van der Waals surface area (Å²) in [6, 6.07) is 17.8. The maximum atomic E-state index is 13.7. The van der Waals surface area contributed by atoms with Crippen molar-refractivity contribution in [2.45, 2.75) is 51.7 Å². The van der Waals surface area contributed by atoms with Gasteiger partial charge in [-0.25, -0.2) is 0 Å². The fraction of sp³-hybridized carbons (Fsp3) is 0.414. The van der Waals surface area contributed by atoms with Crippen molar-refractivity contribution in [2.24, 2.45) is 11.7 Å². The summed E-state index contributed by atoms with van der Waals surface area (Å²) in [6.07, 6.45) is 5.76. The van der Waals surface area contributed by atoms with Crippen LogP contribution in [0.15, 0.2) is 66.7 Å². The molecule has 0 aromatic heterocycles. The van der Waals surface area contributed by atoms with Gasteiger partial charge in [-0.05, 0) is 42.5 Å². The lowest BCUT2D eigenvalue weighted by Crippen LogP contribution is -2.54. The van der Waals surface area contributed by atoms with Gasteiger partial charge in [-0.3, -0.25) is 24.2 Å². The van der Waals surface area contributed by atoms with E-state index >= 15 is 0 Å². The van der Waals surface area contributed by atoms with Gasteiger partial charge in [0.2, 0.25) is 11.8 Å². The van der Waals surface area contributed by atoms with Crippen LogP contribution in [0.3, 0.4) is 0 Å². The van der Waals surface area contributed by atoms with Gasteiger partial charge in [0.15, 0.2) is 0 Å². The lowest BCUT2D eigenvalue weighted by Gasteiger charge is -2.31. The van der Waals surface area contributed by atoms with Gasteiger partial charge >= 0.3 is 5.97 Å². The van der Waals surface area contributed by atoms with Crippen molar-refractivity contribution in [2.75, 3.05) is 19.7 Å². The van der Waals surface area contributed by atoms with Crippen molar-refractivity contribution in [3.63, 3.8) is 0 Å². The molecule has 0 aliphatic carbocycles. The van der Waals surface area contributed by atoms with Crippen molar-refractivity contribution >= 4 is 23.9 Å². The fourth-order valence-electron chi connectivity index (χ4n) is 4.28. The third-order valence-electron chi connectivity index (χ3n) is 6.69. The smallest absolute Gasteiger partial charge is 0.320 e. The first kappa shape index (κ1) is 27.3. The van der Waals surface area contributed by atoms with Crippen molar-refractivity contribution in [3.8, 4) is 0 Å². The van der Waals surface area contributed by atoms with Crippen LogP contribution < -0.4 is 5.73 Å². The summed E-state index contributed by atoms with van der Waals surface area (Å²) < 4.78 is 5.36. The minimum absolute atomic E-state index is 0.000365. The number of nitrogens with zero attached hydrogens (tertiary/aromatic N) is 2. The van der Waals surface area contributed by atoms with Crippen LogP contribution >= 0.6 is 0 Å². The van der Waals surface area contributed by atoms with Crippen molar-refractivity contribution in [1.82, 2.24) is 9.80 Å². The lowest BCUT2D eigenvalue weighted by atomic mass is 9.98. The number of carbonyl (C=O) groups is 3. The van der Waals surface area contributed by atoms with Crippen LogP contribution in [0, 0.1) is 5.92 Å². The van der Waals surface area contributed by atoms with E-state index in [1.54, 1.807) is 6.08 Å². The highest BCUT2D eigenvalue weighted by molar-refractivity contribution is 6.00. The third-order valence-corrected chi connectivity index (χ3v) is 6.69. The molecule has 0 saturated carbocycles. The van der Waals surface area contributed by atoms with Gasteiger partial charge in [0, 0.05) is 0 Å². The average molecular weight is 492 g/mol. The van der Waals surface area contributed by atoms with Crippen molar-refractivity contribution < 1.29 is 19.1 Å². The van der Waals surface area contributed by atoms with E-state index in [1.165, 1.54) is 4.90 Å². The zero-order chi connectivity index (χ0) is 25.9. The Balaban J connectivity index is 1.64. The molecule has 0 radical (unpaired) electrons. The van der Waals surface area contributed by atoms with Crippen LogP contribution in [0.2, 0.25) is 0 Å². The van der Waals surface area contributed by atoms with Crippen molar-refractivity contribution in [1.29, 1.82) is 0 Å². The first-order chi connectivity index (χ1) is 17.4. The van der Waals surface area contributed by atoms with Gasteiger partial charge in [0.1, 0.15) is 6.61 Å². The molecule has 1 aliphatic rings. The Labute approximate surface area is 213 Å². The van der Waals surface area contributed by atoms with Gasteiger partial charge in [0.25, 0.3) is 0 Å². The number of likely N-dealkylation sites (tertiary alicyclic amines) is 1. The fourth-order valence-corrected chi connectivity index (χ4v) is 4.28. The van der Waals surface area contributed by atoms with E-state index < -0.39 is 18.1 Å². The molecule has 3 rings (SSSR count). The zero-order valence-corrected chi connectivity index (χ0v) is 21.2. The molecule has 1 aliphatic heterocycles. The molecule has 2 aromatic rings. The van der Waals surface area contributed by atoms with E-state index in [4.69, 9.17) is 10.5 Å². The molecule has 1 saturated heterocycles. The lowest BCUT2D eigenvalue weighted by molar-refractivity contribution is -0.151. The quantitative estimate of drug-likeness (QED) is 0.483. The predicted molar refractivity (Wildman–Crippen MR) is 140 cm³/mol. The molecule has 0 spiro atoms. The minimum atomic E-state index is -0.765. The molecular weight excluding hydrogens is 454 g/mol. The van der Waals surface area contributed by atoms with Crippen LogP contribution in [0.4, 0.5) is 0 Å². The van der Waals surface area contributed by atoms with Crippen LogP contribution in [-0.4, -0.2) is 59.4 Å². The summed E-state index contributed by atoms with van der Waals surface area (Å²) in [6.45, 7) is 4.79. The molecule has 0 unspecified atom stereocenters. The minimum Gasteiger partial charge on any atom is -0.460 e. The standard InChI is InChI=1S/C29H37N3O4/c1-3-22(2)27(30)29(35)32(20-24-14-8-5-9-15-24)28(34)25-17-10-18-31(25)21-26(33)36-19-11-16-23-12-6-4-7-13-23/h4-9,11-16,22,25,27H,3,10,17-21,30H2,1-2H3/t22-,25-,27-/m0/s1. The number of esters is 1. The first-order valence-corrected chi connectivity index (χ1v) is 12.7. The average Bonchev–Trinajstić information content (AvgIpc) is 3.37. The summed E-state index contributed by atoms with van der Waals surface area (Å²) in [4.78, 5) is 42.6. The second-order valence-electron chi connectivity index (χ2n) is 9.28. The Hall–Kier alpha value is -3.29. The Bertz CT molecular complexity index is 1030. The summed E-state index contributed by atoms with van der Waals surface area (Å²) in [7, 11) is 0. The molecule has 1 fully saturated rings. The summed E-state index contributed by atoms with van der Waals surface area (Å²) in [5.74, 6) is -1.14. The molecular formula is C29H37N3O4. The summed E-state index contributed by atoms with van der Waals surface area (Å²) in [5, 5.41) is 0. The number of ether oxygens (including phenoxy) is 1. The highest BCUT2D eigenvalue weighted by Gasteiger charge is 2.38. The number of imide groups is 1. The van der Waals surface area contributed by atoms with E-state index in [0.29, 0.717) is 13.0 Å². The molecule has 7 heteroatoms. The normalized spacial score (nSPS) is 17.6. The molecule has 2 aromatic carbocycles. The first-order valence-electron chi connectivity index (χ1n) is 12.7. The van der Waals surface area contributed by atoms with E-state index in [-0.39, 0.29) is 37.4 Å². The van der Waals surface area contributed by atoms with Gasteiger partial charge in [-0.1, -0.05) is 87.0 Å². The Morgan fingerprint density at radius 1 is 1.11 bits per heavy atom. The highest BCUT2D eigenvalue weighted by Crippen LogP contribution is 2.22. The van der Waals surface area contributed by atoms with Crippen LogP contribution in [0.25, 0.3) is 6.08 Å². The van der Waals surface area contributed by atoms with Crippen LogP contribution in [-0.2, 0) is 25.7 Å². The van der Waals surface area contributed by atoms with E-state index in [1.807, 2.05) is 85.5 Å². The molecule has 192 valence electrons. The molecule has 36 heavy (non-hydrogen) atoms. The molecule has 3 atom stereocenters. The zero-order valence-electron chi connectivity index (χ0n) is 21.2. The Morgan fingerprint density at radius 2 is 1.78 bits per heavy atom. The summed E-state index contributed by atoms with van der Waals surface area (Å²) in [5.41, 5.74) is 8.13. The predicted octanol–water partition coefficient (Wildman–Crippen LogP) is 3.64. The number of carbonyl (C=O) groups excluding carboxylic acids is 3. The second-order valence-corrected chi connectivity index (χ2v) is 9.28. The molecule has 2 amide bonds. The van der Waals surface area contributed by atoms with Crippen LogP contribution in [0.1, 0.15) is 44.2 Å². The van der Waals surface area contributed by atoms with Gasteiger partial charge in [-0.2, -0.15) is 0 Å². The maximum absolute atomic E-state index is 13.7. The number of rotatable bonds is 11. The third kappa shape index (κ3) is 7.60. The molecule has 0 bridgehead atoms. The van der Waals surface area contributed by atoms with E-state index in [0.717, 1.165) is 24.0 Å². The number of hydrogen-bond donors (Lipinski definition) is 1. The van der Waals surface area contributed by atoms with E-state index in [2.05, 4.69) is 0 Å². The molecule has 7 nitrogen and oxygen atoms in total. The van der Waals surface area contributed by atoms with Crippen molar-refractivity contribution in [3.05, 3.63) is 77.9 Å². The molecule has 2 N–H and O–H groups in total. The summed E-state index contributed by atoms with van der Waals surface area (Å²) >= 11 is 0. The Morgan fingerprint density at radius 3 is 2.44 bits per heavy atom. The molecule has 1 heterocycles. The van der Waals surface area contributed by atoms with Crippen LogP contribution in [0.5, 0.6) is 0 Å². The second kappa shape index (κ2) is 13.7. The monoisotopic (exact) mass is 491 g/mol. The van der Waals surface area contributed by atoms with Gasteiger partial charge in [-0.15, -0.1) is 0 Å². The maximum Gasteiger partial charge on any atom is 0.320 e. The van der Waals surface area contributed by atoms with Gasteiger partial charge in [0.05, 0.1) is 25.2 Å².